The Balaban J connectivity index is 0.963. The molecule has 3 spiro atoms. The Morgan fingerprint density at radius 1 is 1.02 bits per heavy atom. The van der Waals surface area contributed by atoms with E-state index in [1.165, 1.54) is 11.1 Å². The summed E-state index contributed by atoms with van der Waals surface area (Å²) in [6.45, 7) is 2.72. The first-order valence-corrected chi connectivity index (χ1v) is 17.0. The number of nitrogens with zero attached hydrogens (tertiary/aromatic N) is 6. The molecule has 0 unspecified atom stereocenters. The lowest BCUT2D eigenvalue weighted by molar-refractivity contribution is -0.181. The summed E-state index contributed by atoms with van der Waals surface area (Å²) in [4.78, 5) is 23.7. The van der Waals surface area contributed by atoms with Crippen LogP contribution in [0.15, 0.2) is 43.0 Å². The normalized spacial score (nSPS) is 23.5. The van der Waals surface area contributed by atoms with Gasteiger partial charge in [0.25, 0.3) is 0 Å². The number of hydrogen-bond acceptors (Lipinski definition) is 7. The van der Waals surface area contributed by atoms with Gasteiger partial charge in [0.1, 0.15) is 11.8 Å². The Kier molecular flexibility index (Phi) is 5.73. The van der Waals surface area contributed by atoms with Crippen LogP contribution >= 0.6 is 0 Å². The van der Waals surface area contributed by atoms with Gasteiger partial charge >= 0.3 is 6.09 Å². The van der Waals surface area contributed by atoms with Crippen LogP contribution in [-0.4, -0.2) is 71.9 Å². The van der Waals surface area contributed by atoms with Crippen molar-refractivity contribution in [3.63, 3.8) is 0 Å². The molecule has 4 aromatic heterocycles. The van der Waals surface area contributed by atoms with Crippen molar-refractivity contribution in [3.8, 4) is 22.4 Å². The van der Waals surface area contributed by atoms with E-state index in [1.807, 2.05) is 53.1 Å². The molecule has 0 radical (unpaired) electrons. The third-order valence-corrected chi connectivity index (χ3v) is 11.8. The number of carbonyl (C=O) groups excluding carboxylic acids is 1. The summed E-state index contributed by atoms with van der Waals surface area (Å²) < 4.78 is 22.4. The molecule has 7 heterocycles. The maximum absolute atomic E-state index is 13.2. The summed E-state index contributed by atoms with van der Waals surface area (Å²) in [6, 6.07) is 6.57. The van der Waals surface area contributed by atoms with Gasteiger partial charge in [-0.25, -0.2) is 9.78 Å². The van der Waals surface area contributed by atoms with Crippen molar-refractivity contribution in [1.82, 2.24) is 34.4 Å². The van der Waals surface area contributed by atoms with E-state index in [2.05, 4.69) is 33.4 Å². The molecular formula is C36H39N7O4. The first-order valence-electron chi connectivity index (χ1n) is 17.0. The highest BCUT2D eigenvalue weighted by atomic mass is 16.6. The maximum atomic E-state index is 13.2. The van der Waals surface area contributed by atoms with Crippen LogP contribution in [0.5, 0.6) is 0 Å². The average Bonchev–Trinajstić information content (AvgIpc) is 3.44. The summed E-state index contributed by atoms with van der Waals surface area (Å²) in [5.41, 5.74) is 8.47. The molecular weight excluding hydrogens is 594 g/mol. The van der Waals surface area contributed by atoms with E-state index in [4.69, 9.17) is 19.2 Å². The molecule has 5 aliphatic rings. The Morgan fingerprint density at radius 2 is 1.87 bits per heavy atom. The average molecular weight is 634 g/mol. The van der Waals surface area contributed by atoms with E-state index in [9.17, 15) is 4.79 Å². The Bertz CT molecular complexity index is 2070. The molecule has 1 N–H and O–H groups in total. The number of aromatic amines is 1. The molecule has 2 saturated heterocycles. The molecule has 11 nitrogen and oxygen atoms in total. The predicted octanol–water partition coefficient (Wildman–Crippen LogP) is 5.97. The van der Waals surface area contributed by atoms with Gasteiger partial charge in [-0.05, 0) is 61.6 Å². The van der Waals surface area contributed by atoms with E-state index >= 15 is 0 Å². The van der Waals surface area contributed by atoms with Crippen LogP contribution in [0.2, 0.25) is 0 Å². The van der Waals surface area contributed by atoms with Crippen LogP contribution < -0.4 is 0 Å². The van der Waals surface area contributed by atoms with Crippen molar-refractivity contribution in [3.05, 3.63) is 54.1 Å². The van der Waals surface area contributed by atoms with Crippen LogP contribution in [0, 0.1) is 5.41 Å². The highest BCUT2D eigenvalue weighted by molar-refractivity contribution is 6.06. The summed E-state index contributed by atoms with van der Waals surface area (Å²) in [5.74, 6) is 0. The van der Waals surface area contributed by atoms with Gasteiger partial charge in [0.2, 0.25) is 0 Å². The van der Waals surface area contributed by atoms with Gasteiger partial charge in [0, 0.05) is 85.4 Å². The SMILES string of the molecule is Cn1cc(-c2[nH]c3ncc4c(c3c2-c2ccc3c(cnn3C)c2)C2(CC3(CCN(C(=O)O[C@@H]5CCOC6(CC6)C5)CC3)C2)OC4)cn1. The Hall–Kier alpha value is -4.22. The second-order valence-electron chi connectivity index (χ2n) is 14.9. The van der Waals surface area contributed by atoms with Crippen molar-refractivity contribution >= 4 is 28.0 Å². The molecule has 10 rings (SSSR count). The minimum atomic E-state index is -0.360. The number of aryl methyl sites for hydroxylation is 2. The third kappa shape index (κ3) is 4.25. The molecule has 2 saturated carbocycles. The highest BCUT2D eigenvalue weighted by Gasteiger charge is 2.60. The number of carbonyl (C=O) groups is 1. The molecule has 11 heteroatoms. The molecule has 1 atom stereocenters. The number of amides is 1. The number of likely N-dealkylation sites (tertiary alicyclic amines) is 1. The molecule has 1 amide bonds. The van der Waals surface area contributed by atoms with Crippen molar-refractivity contribution in [2.24, 2.45) is 19.5 Å². The number of rotatable bonds is 3. The number of aromatic nitrogens is 6. The van der Waals surface area contributed by atoms with Gasteiger partial charge in [0.05, 0.1) is 48.0 Å². The monoisotopic (exact) mass is 633 g/mol. The quantitative estimate of drug-likeness (QED) is 0.261. The molecule has 1 aromatic carbocycles. The standard InChI is InChI=1S/C36H39N7O4/c1-41-18-24(17-38-41)31-28(22-3-4-27-23(13-22)16-39-42(27)2)29-30-25(15-37-32(29)40-31)19-46-36(30)20-34(21-36)8-10-43(11-9-34)33(44)47-26-5-12-45-35(14-26)6-7-35/h3-4,13,15-18,26H,5-12,14,19-21H2,1-2H3,(H,37,40)/t26-/m1/s1. The van der Waals surface area contributed by atoms with Crippen molar-refractivity contribution in [2.75, 3.05) is 19.7 Å². The number of hydrogen-bond donors (Lipinski definition) is 1. The second kappa shape index (κ2) is 9.67. The molecule has 2 aliphatic carbocycles. The number of fused-ring (bicyclic) bond motifs is 5. The lowest BCUT2D eigenvalue weighted by Gasteiger charge is -2.57. The fourth-order valence-electron chi connectivity index (χ4n) is 9.23. The van der Waals surface area contributed by atoms with Gasteiger partial charge in [-0.1, -0.05) is 6.07 Å². The molecule has 242 valence electrons. The Morgan fingerprint density at radius 3 is 2.66 bits per heavy atom. The lowest BCUT2D eigenvalue weighted by Crippen LogP contribution is -2.55. The minimum Gasteiger partial charge on any atom is -0.446 e. The largest absolute Gasteiger partial charge is 0.446 e. The number of H-pyrrole nitrogens is 1. The van der Waals surface area contributed by atoms with E-state index in [0.29, 0.717) is 13.2 Å². The number of pyridine rings is 1. The van der Waals surface area contributed by atoms with Crippen molar-refractivity contribution in [2.45, 2.75) is 75.3 Å². The van der Waals surface area contributed by atoms with Crippen LogP contribution in [0.4, 0.5) is 4.79 Å². The molecule has 4 fully saturated rings. The first kappa shape index (κ1) is 27.9. The summed E-state index contributed by atoms with van der Waals surface area (Å²) in [7, 11) is 3.92. The third-order valence-electron chi connectivity index (χ3n) is 11.8. The number of nitrogens with one attached hydrogen (secondary N) is 1. The van der Waals surface area contributed by atoms with E-state index in [0.717, 1.165) is 109 Å². The molecule has 5 aromatic rings. The fourth-order valence-corrected chi connectivity index (χ4v) is 9.23. The molecule has 3 aliphatic heterocycles. The van der Waals surface area contributed by atoms with Gasteiger partial charge in [0.15, 0.2) is 0 Å². The molecule has 47 heavy (non-hydrogen) atoms. The van der Waals surface area contributed by atoms with E-state index < -0.39 is 0 Å². The maximum Gasteiger partial charge on any atom is 0.410 e. The van der Waals surface area contributed by atoms with Crippen LogP contribution in [0.1, 0.15) is 62.5 Å². The zero-order valence-corrected chi connectivity index (χ0v) is 26.9. The summed E-state index contributed by atoms with van der Waals surface area (Å²) in [5, 5.41) is 11.2. The van der Waals surface area contributed by atoms with Gasteiger partial charge < -0.3 is 24.1 Å². The fraction of sp³-hybridized carbons (Fsp3) is 0.500. The van der Waals surface area contributed by atoms with Crippen LogP contribution in [-0.2, 0) is 40.5 Å². The van der Waals surface area contributed by atoms with Gasteiger partial charge in [-0.2, -0.15) is 10.2 Å². The minimum absolute atomic E-state index is 0.00248. The van der Waals surface area contributed by atoms with Crippen LogP contribution in [0.3, 0.4) is 0 Å². The highest BCUT2D eigenvalue weighted by Crippen LogP contribution is 2.65. The number of ether oxygens (including phenoxy) is 3. The zero-order valence-electron chi connectivity index (χ0n) is 26.9. The van der Waals surface area contributed by atoms with Gasteiger partial charge in [-0.3, -0.25) is 9.36 Å². The molecule has 0 bridgehead atoms. The second-order valence-corrected chi connectivity index (χ2v) is 14.9. The van der Waals surface area contributed by atoms with Gasteiger partial charge in [-0.15, -0.1) is 0 Å². The van der Waals surface area contributed by atoms with Crippen molar-refractivity contribution in [1.29, 1.82) is 0 Å². The number of benzene rings is 1. The lowest BCUT2D eigenvalue weighted by atomic mass is 9.53. The predicted molar refractivity (Wildman–Crippen MR) is 174 cm³/mol. The van der Waals surface area contributed by atoms with Crippen LogP contribution in [0.25, 0.3) is 44.3 Å². The van der Waals surface area contributed by atoms with Crippen molar-refractivity contribution < 1.29 is 19.0 Å². The Labute approximate surface area is 272 Å². The zero-order chi connectivity index (χ0) is 31.5. The number of piperidine rings is 1. The summed E-state index contributed by atoms with van der Waals surface area (Å²) in [6.07, 6.45) is 15.4. The van der Waals surface area contributed by atoms with E-state index in [-0.39, 0.29) is 28.8 Å². The first-order chi connectivity index (χ1) is 22.8. The summed E-state index contributed by atoms with van der Waals surface area (Å²) >= 11 is 0. The van der Waals surface area contributed by atoms with E-state index in [1.54, 1.807) is 0 Å². The smallest absolute Gasteiger partial charge is 0.410 e. The topological polar surface area (TPSA) is 112 Å².